The van der Waals surface area contributed by atoms with Crippen molar-refractivity contribution in [3.8, 4) is 0 Å². The van der Waals surface area contributed by atoms with Crippen LogP contribution in [0.3, 0.4) is 0 Å². The molecule has 0 saturated carbocycles. The Bertz CT molecular complexity index is 74.8. The second kappa shape index (κ2) is 5.06. The van der Waals surface area contributed by atoms with E-state index in [1.807, 2.05) is 0 Å². The minimum absolute atomic E-state index is 0.353. The normalized spacial score (nSPS) is 9.25. The topological polar surface area (TPSA) is 12.0 Å². The molecule has 0 radical (unpaired) electrons. The Balaban J connectivity index is 2.82. The van der Waals surface area contributed by atoms with Crippen molar-refractivity contribution in [2.24, 2.45) is 0 Å². The monoisotopic (exact) mass is 137 g/mol. The van der Waals surface area contributed by atoms with Crippen LogP contribution < -0.4 is 5.32 Å². The molecule has 0 aromatic carbocycles. The summed E-state index contributed by atoms with van der Waals surface area (Å²) >= 11 is 5.33. The zero-order valence-corrected chi connectivity index (χ0v) is 5.34. The molecule has 0 atom stereocenters. The van der Waals surface area contributed by atoms with E-state index in [-0.39, 0.29) is 6.67 Å². The molecule has 0 spiro atoms. The number of hydrogen-bond acceptors (Lipinski definition) is 1. The molecular weight excluding hydrogens is 129 g/mol. The maximum Gasteiger partial charge on any atom is 0.102 e. The average Bonchev–Trinajstić information content (AvgIpc) is 1.66. The Kier molecular flexibility index (Phi) is 5.01. The minimum atomic E-state index is -0.357. The number of rotatable bonds is 4. The van der Waals surface area contributed by atoms with Crippen molar-refractivity contribution in [1.29, 1.82) is 0 Å². The van der Waals surface area contributed by atoms with E-state index in [1.54, 1.807) is 0 Å². The van der Waals surface area contributed by atoms with Crippen LogP contribution in [0.4, 0.5) is 4.39 Å². The van der Waals surface area contributed by atoms with Crippen molar-refractivity contribution in [1.82, 2.24) is 5.32 Å². The molecule has 0 aliphatic rings. The van der Waals surface area contributed by atoms with Gasteiger partial charge in [0.25, 0.3) is 0 Å². The van der Waals surface area contributed by atoms with Crippen LogP contribution in [-0.4, -0.2) is 19.8 Å². The van der Waals surface area contributed by atoms with Gasteiger partial charge in [-0.2, -0.15) is 0 Å². The van der Waals surface area contributed by atoms with E-state index in [1.165, 1.54) is 0 Å². The molecule has 0 unspecified atom stereocenters. The lowest BCUT2D eigenvalue weighted by atomic mass is 10.6. The van der Waals surface area contributed by atoms with E-state index in [0.29, 0.717) is 18.1 Å². The van der Waals surface area contributed by atoms with Gasteiger partial charge in [0.15, 0.2) is 0 Å². The molecule has 0 aliphatic carbocycles. The summed E-state index contributed by atoms with van der Waals surface area (Å²) in [6, 6.07) is 0. The van der Waals surface area contributed by atoms with Crippen LogP contribution in [0.5, 0.6) is 0 Å². The highest BCUT2D eigenvalue weighted by Crippen LogP contribution is 1.90. The van der Waals surface area contributed by atoms with E-state index in [2.05, 4.69) is 11.9 Å². The van der Waals surface area contributed by atoms with Crippen LogP contribution in [0.1, 0.15) is 0 Å². The Morgan fingerprint density at radius 2 is 2.38 bits per heavy atom. The van der Waals surface area contributed by atoms with Crippen LogP contribution in [-0.2, 0) is 0 Å². The molecule has 0 aromatic rings. The fourth-order valence-corrected chi connectivity index (χ4v) is 0.385. The van der Waals surface area contributed by atoms with E-state index in [0.717, 1.165) is 0 Å². The summed E-state index contributed by atoms with van der Waals surface area (Å²) in [4.78, 5) is 0. The molecule has 0 aromatic heterocycles. The molecular formula is C5H9ClFN. The van der Waals surface area contributed by atoms with Crippen molar-refractivity contribution in [2.75, 3.05) is 19.8 Å². The molecule has 1 nitrogen and oxygen atoms in total. The first-order chi connectivity index (χ1) is 3.77. The highest BCUT2D eigenvalue weighted by molar-refractivity contribution is 6.29. The van der Waals surface area contributed by atoms with Gasteiger partial charge in [0, 0.05) is 18.1 Å². The van der Waals surface area contributed by atoms with Crippen LogP contribution in [0, 0.1) is 0 Å². The largest absolute Gasteiger partial charge is 0.309 e. The second-order valence-corrected chi connectivity index (χ2v) is 1.92. The van der Waals surface area contributed by atoms with Crippen LogP contribution in [0.2, 0.25) is 0 Å². The highest BCUT2D eigenvalue weighted by Gasteiger charge is 1.85. The number of nitrogens with one attached hydrogen (secondary N) is 1. The van der Waals surface area contributed by atoms with Gasteiger partial charge < -0.3 is 5.32 Å². The van der Waals surface area contributed by atoms with Gasteiger partial charge >= 0.3 is 0 Å². The van der Waals surface area contributed by atoms with E-state index in [4.69, 9.17) is 11.6 Å². The molecule has 0 heterocycles. The summed E-state index contributed by atoms with van der Waals surface area (Å²) in [6.45, 7) is 3.89. The summed E-state index contributed by atoms with van der Waals surface area (Å²) in [7, 11) is 0. The molecule has 0 bridgehead atoms. The number of alkyl halides is 1. The summed E-state index contributed by atoms with van der Waals surface area (Å²) < 4.78 is 11.3. The van der Waals surface area contributed by atoms with Gasteiger partial charge in [0.05, 0.1) is 0 Å². The predicted molar refractivity (Wildman–Crippen MR) is 33.8 cm³/mol. The van der Waals surface area contributed by atoms with Crippen molar-refractivity contribution in [2.45, 2.75) is 0 Å². The number of halogens is 2. The Labute approximate surface area is 53.5 Å². The van der Waals surface area contributed by atoms with Gasteiger partial charge in [-0.05, 0) is 0 Å². The zero-order valence-electron chi connectivity index (χ0n) is 4.58. The van der Waals surface area contributed by atoms with E-state index >= 15 is 0 Å². The van der Waals surface area contributed by atoms with Crippen molar-refractivity contribution < 1.29 is 4.39 Å². The molecule has 0 aliphatic heterocycles. The lowest BCUT2D eigenvalue weighted by Crippen LogP contribution is -2.17. The minimum Gasteiger partial charge on any atom is -0.309 e. The van der Waals surface area contributed by atoms with Gasteiger partial charge in [-0.1, -0.05) is 18.2 Å². The maximum atomic E-state index is 11.3. The average molecular weight is 138 g/mol. The smallest absolute Gasteiger partial charge is 0.102 e. The van der Waals surface area contributed by atoms with E-state index in [9.17, 15) is 4.39 Å². The lowest BCUT2D eigenvalue weighted by molar-refractivity contribution is 0.475. The fourth-order valence-electron chi connectivity index (χ4n) is 0.291. The first-order valence-electron chi connectivity index (χ1n) is 2.37. The van der Waals surface area contributed by atoms with Gasteiger partial charge in [-0.15, -0.1) is 0 Å². The third kappa shape index (κ3) is 5.92. The van der Waals surface area contributed by atoms with Crippen molar-refractivity contribution in [3.63, 3.8) is 0 Å². The van der Waals surface area contributed by atoms with Gasteiger partial charge in [-0.3, -0.25) is 0 Å². The van der Waals surface area contributed by atoms with Gasteiger partial charge in [0.2, 0.25) is 0 Å². The molecule has 3 heteroatoms. The molecule has 8 heavy (non-hydrogen) atoms. The highest BCUT2D eigenvalue weighted by atomic mass is 35.5. The molecule has 1 N–H and O–H groups in total. The Morgan fingerprint density at radius 1 is 1.75 bits per heavy atom. The molecule has 0 amide bonds. The van der Waals surface area contributed by atoms with Crippen LogP contribution in [0.25, 0.3) is 0 Å². The van der Waals surface area contributed by atoms with Crippen LogP contribution in [0.15, 0.2) is 11.6 Å². The third-order valence-electron chi connectivity index (χ3n) is 0.588. The quantitative estimate of drug-likeness (QED) is 0.576. The lowest BCUT2D eigenvalue weighted by Gasteiger charge is -1.96. The van der Waals surface area contributed by atoms with Crippen molar-refractivity contribution in [3.05, 3.63) is 11.6 Å². The maximum absolute atomic E-state index is 11.3. The summed E-state index contributed by atoms with van der Waals surface area (Å²) in [6.07, 6.45) is 0. The first-order valence-corrected chi connectivity index (χ1v) is 2.75. The zero-order chi connectivity index (χ0) is 6.41. The summed E-state index contributed by atoms with van der Waals surface area (Å²) in [5, 5.41) is 3.24. The SMILES string of the molecule is C=C(Cl)CNCCF. The number of hydrogen-bond donors (Lipinski definition) is 1. The van der Waals surface area contributed by atoms with Gasteiger partial charge in [0.1, 0.15) is 6.67 Å². The first kappa shape index (κ1) is 7.92. The standard InChI is InChI=1S/C5H9ClFN/c1-5(6)4-8-3-2-7/h8H,1-4H2. The van der Waals surface area contributed by atoms with E-state index < -0.39 is 0 Å². The predicted octanol–water partition coefficient (Wildman–Crippen LogP) is 1.30. The summed E-state index contributed by atoms with van der Waals surface area (Å²) in [5.41, 5.74) is 0. The Hall–Kier alpha value is -0.0800. The molecule has 0 rings (SSSR count). The fraction of sp³-hybridized carbons (Fsp3) is 0.600. The Morgan fingerprint density at radius 3 is 2.75 bits per heavy atom. The summed E-state index contributed by atoms with van der Waals surface area (Å²) in [5.74, 6) is 0. The molecule has 0 saturated heterocycles. The third-order valence-corrected chi connectivity index (χ3v) is 0.722. The molecule has 48 valence electrons. The van der Waals surface area contributed by atoms with Crippen molar-refractivity contribution >= 4 is 11.6 Å². The van der Waals surface area contributed by atoms with Crippen LogP contribution >= 0.6 is 11.6 Å². The van der Waals surface area contributed by atoms with Gasteiger partial charge in [-0.25, -0.2) is 4.39 Å². The second-order valence-electron chi connectivity index (χ2n) is 1.38. The molecule has 0 fully saturated rings.